The lowest BCUT2D eigenvalue weighted by atomic mass is 10.0. The average molecular weight is 780 g/mol. The SMILES string of the molecule is CCCCCCCCCCCCCCCCCCCCC(=O)OCCCCCCCCCCCCC(=O)NC(CO)C(O)CCCCCCCCCCCC. The predicted octanol–water partition coefficient (Wildman–Crippen LogP) is 14.4. The Labute approximate surface area is 343 Å². The van der Waals surface area contributed by atoms with Gasteiger partial charge < -0.3 is 20.3 Å². The Morgan fingerprint density at radius 2 is 0.745 bits per heavy atom. The van der Waals surface area contributed by atoms with Gasteiger partial charge in [-0.3, -0.25) is 9.59 Å². The zero-order chi connectivity index (χ0) is 40.1. The molecule has 0 aliphatic rings. The number of carbonyl (C=O) groups excluding carboxylic acids is 2. The molecule has 0 aliphatic heterocycles. The molecule has 0 aromatic carbocycles. The minimum atomic E-state index is -0.675. The summed E-state index contributed by atoms with van der Waals surface area (Å²) in [4.78, 5) is 24.4. The molecule has 6 nitrogen and oxygen atoms in total. The van der Waals surface area contributed by atoms with Crippen molar-refractivity contribution in [2.75, 3.05) is 13.2 Å². The van der Waals surface area contributed by atoms with Gasteiger partial charge in [0, 0.05) is 12.8 Å². The minimum Gasteiger partial charge on any atom is -0.466 e. The van der Waals surface area contributed by atoms with E-state index in [0.29, 0.717) is 25.9 Å². The lowest BCUT2D eigenvalue weighted by molar-refractivity contribution is -0.143. The molecule has 0 heterocycles. The summed E-state index contributed by atoms with van der Waals surface area (Å²) >= 11 is 0. The third-order valence-corrected chi connectivity index (χ3v) is 11.7. The molecule has 6 heteroatoms. The number of ether oxygens (including phenoxy) is 1. The second kappa shape index (κ2) is 45.6. The van der Waals surface area contributed by atoms with Crippen molar-refractivity contribution in [1.29, 1.82) is 0 Å². The number of hydrogen-bond acceptors (Lipinski definition) is 5. The van der Waals surface area contributed by atoms with Crippen LogP contribution in [-0.4, -0.2) is 47.4 Å². The molecular formula is C49H97NO5. The van der Waals surface area contributed by atoms with E-state index in [9.17, 15) is 19.8 Å². The Balaban J connectivity index is 3.42. The molecule has 0 rings (SSSR count). The van der Waals surface area contributed by atoms with Crippen LogP contribution in [0.25, 0.3) is 0 Å². The van der Waals surface area contributed by atoms with Crippen molar-refractivity contribution < 1.29 is 24.5 Å². The van der Waals surface area contributed by atoms with Crippen LogP contribution in [0.1, 0.15) is 277 Å². The smallest absolute Gasteiger partial charge is 0.305 e. The molecule has 0 fully saturated rings. The summed E-state index contributed by atoms with van der Waals surface area (Å²) in [6, 6.07) is -0.554. The largest absolute Gasteiger partial charge is 0.466 e. The highest BCUT2D eigenvalue weighted by atomic mass is 16.5. The number of nitrogens with one attached hydrogen (secondary N) is 1. The van der Waals surface area contributed by atoms with Gasteiger partial charge in [0.25, 0.3) is 0 Å². The first kappa shape index (κ1) is 53.9. The molecule has 3 N–H and O–H groups in total. The lowest BCUT2D eigenvalue weighted by Gasteiger charge is -2.22. The number of aliphatic hydroxyl groups is 2. The standard InChI is InChI=1S/C49H97NO5/c1-3-5-7-9-11-13-15-16-17-18-19-20-21-22-27-31-35-39-43-49(54)55-44-40-36-32-28-24-23-26-30-34-38-42-48(53)50-46(45-51)47(52)41-37-33-29-25-14-12-10-8-6-4-2/h46-47,51-52H,3-45H2,1-2H3,(H,50,53). The normalized spacial score (nSPS) is 12.6. The molecule has 328 valence electrons. The van der Waals surface area contributed by atoms with Crippen LogP contribution in [0.15, 0.2) is 0 Å². The van der Waals surface area contributed by atoms with Crippen LogP contribution in [0, 0.1) is 0 Å². The molecule has 55 heavy (non-hydrogen) atoms. The molecule has 0 saturated heterocycles. The van der Waals surface area contributed by atoms with E-state index in [4.69, 9.17) is 4.74 Å². The number of amides is 1. The third-order valence-electron chi connectivity index (χ3n) is 11.7. The highest BCUT2D eigenvalue weighted by Crippen LogP contribution is 2.17. The van der Waals surface area contributed by atoms with Crippen molar-refractivity contribution in [3.05, 3.63) is 0 Å². The lowest BCUT2D eigenvalue weighted by Crippen LogP contribution is -2.45. The zero-order valence-electron chi connectivity index (χ0n) is 37.2. The van der Waals surface area contributed by atoms with E-state index >= 15 is 0 Å². The Morgan fingerprint density at radius 3 is 1.11 bits per heavy atom. The molecule has 2 atom stereocenters. The van der Waals surface area contributed by atoms with Crippen LogP contribution in [-0.2, 0) is 14.3 Å². The third kappa shape index (κ3) is 42.3. The van der Waals surface area contributed by atoms with Gasteiger partial charge in [-0.2, -0.15) is 0 Å². The Kier molecular flexibility index (Phi) is 44.6. The Morgan fingerprint density at radius 1 is 0.436 bits per heavy atom. The second-order valence-corrected chi connectivity index (χ2v) is 17.2. The molecule has 0 aromatic heterocycles. The molecule has 0 spiro atoms. The summed E-state index contributed by atoms with van der Waals surface area (Å²) in [5.74, 6) is -0.0724. The molecule has 1 amide bonds. The highest BCUT2D eigenvalue weighted by molar-refractivity contribution is 5.76. The molecule has 0 saturated carbocycles. The van der Waals surface area contributed by atoms with Crippen molar-refractivity contribution in [2.24, 2.45) is 0 Å². The fourth-order valence-electron chi connectivity index (χ4n) is 7.82. The summed E-state index contributed by atoms with van der Waals surface area (Å²) in [5.41, 5.74) is 0. The van der Waals surface area contributed by atoms with E-state index < -0.39 is 12.1 Å². The maximum Gasteiger partial charge on any atom is 0.305 e. The summed E-state index contributed by atoms with van der Waals surface area (Å²) in [6.07, 6.45) is 49.3. The Hall–Kier alpha value is -1.14. The van der Waals surface area contributed by atoms with Crippen molar-refractivity contribution in [1.82, 2.24) is 5.32 Å². The summed E-state index contributed by atoms with van der Waals surface area (Å²) in [6.45, 7) is 4.90. The number of aliphatic hydroxyl groups excluding tert-OH is 2. The number of carbonyl (C=O) groups is 2. The van der Waals surface area contributed by atoms with Gasteiger partial charge in [0.15, 0.2) is 0 Å². The van der Waals surface area contributed by atoms with E-state index in [1.807, 2.05) is 0 Å². The molecule has 0 aliphatic carbocycles. The van der Waals surface area contributed by atoms with Gasteiger partial charge in [-0.1, -0.05) is 239 Å². The summed E-state index contributed by atoms with van der Waals surface area (Å²) in [5, 5.41) is 23.1. The average Bonchev–Trinajstić information content (AvgIpc) is 3.18. The first-order valence-corrected chi connectivity index (χ1v) is 24.8. The highest BCUT2D eigenvalue weighted by Gasteiger charge is 2.20. The monoisotopic (exact) mass is 780 g/mol. The number of esters is 1. The van der Waals surface area contributed by atoms with Gasteiger partial charge in [0.05, 0.1) is 25.4 Å². The van der Waals surface area contributed by atoms with Crippen molar-refractivity contribution in [2.45, 2.75) is 289 Å². The van der Waals surface area contributed by atoms with Crippen LogP contribution < -0.4 is 5.32 Å². The molecule has 2 unspecified atom stereocenters. The molecule has 0 radical (unpaired) electrons. The van der Waals surface area contributed by atoms with Gasteiger partial charge in [-0.15, -0.1) is 0 Å². The second-order valence-electron chi connectivity index (χ2n) is 17.2. The summed E-state index contributed by atoms with van der Waals surface area (Å²) in [7, 11) is 0. The van der Waals surface area contributed by atoms with Crippen LogP contribution in [0.2, 0.25) is 0 Å². The maximum atomic E-state index is 12.4. The van der Waals surface area contributed by atoms with E-state index in [1.165, 1.54) is 186 Å². The number of hydrogen-bond donors (Lipinski definition) is 3. The van der Waals surface area contributed by atoms with Crippen LogP contribution in [0.3, 0.4) is 0 Å². The van der Waals surface area contributed by atoms with E-state index in [-0.39, 0.29) is 18.5 Å². The Bertz CT molecular complexity index is 776. The van der Waals surface area contributed by atoms with E-state index in [2.05, 4.69) is 19.2 Å². The number of rotatable bonds is 46. The van der Waals surface area contributed by atoms with Gasteiger partial charge in [0.2, 0.25) is 5.91 Å². The van der Waals surface area contributed by atoms with E-state index in [1.54, 1.807) is 0 Å². The topological polar surface area (TPSA) is 95.9 Å². The fraction of sp³-hybridized carbons (Fsp3) is 0.959. The predicted molar refractivity (Wildman–Crippen MR) is 237 cm³/mol. The van der Waals surface area contributed by atoms with Gasteiger partial charge in [0.1, 0.15) is 0 Å². The van der Waals surface area contributed by atoms with Gasteiger partial charge >= 0.3 is 5.97 Å². The van der Waals surface area contributed by atoms with E-state index in [0.717, 1.165) is 57.8 Å². The zero-order valence-corrected chi connectivity index (χ0v) is 37.2. The molecule has 0 bridgehead atoms. The fourth-order valence-corrected chi connectivity index (χ4v) is 7.82. The van der Waals surface area contributed by atoms with Gasteiger partial charge in [-0.25, -0.2) is 0 Å². The van der Waals surface area contributed by atoms with Crippen LogP contribution in [0.5, 0.6) is 0 Å². The molecular weight excluding hydrogens is 683 g/mol. The van der Waals surface area contributed by atoms with Gasteiger partial charge in [-0.05, 0) is 25.7 Å². The van der Waals surface area contributed by atoms with Crippen molar-refractivity contribution >= 4 is 11.9 Å². The van der Waals surface area contributed by atoms with Crippen molar-refractivity contribution in [3.63, 3.8) is 0 Å². The maximum absolute atomic E-state index is 12.4. The molecule has 0 aromatic rings. The minimum absolute atomic E-state index is 0.0145. The van der Waals surface area contributed by atoms with Crippen molar-refractivity contribution in [3.8, 4) is 0 Å². The first-order valence-electron chi connectivity index (χ1n) is 24.8. The summed E-state index contributed by atoms with van der Waals surface area (Å²) < 4.78 is 5.46. The first-order chi connectivity index (χ1) is 27.0. The van der Waals surface area contributed by atoms with Crippen LogP contribution >= 0.6 is 0 Å². The quantitative estimate of drug-likeness (QED) is 0.0422. The van der Waals surface area contributed by atoms with Crippen LogP contribution in [0.4, 0.5) is 0 Å². The number of unbranched alkanes of at least 4 members (excludes halogenated alkanes) is 35.